The average Bonchev–Trinajstić information content (AvgIpc) is 3.08. The van der Waals surface area contributed by atoms with Crippen molar-refractivity contribution < 1.29 is 9.32 Å². The zero-order valence-electron chi connectivity index (χ0n) is 10.3. The number of aryl methyl sites for hydroxylation is 1. The number of benzene rings is 1. The third kappa shape index (κ3) is 2.68. The number of aromatic nitrogens is 2. The molecule has 0 unspecified atom stereocenters. The van der Waals surface area contributed by atoms with Gasteiger partial charge in [0, 0.05) is 10.4 Å². The smallest absolute Gasteiger partial charge is 0.315 e. The topological polar surface area (TPSA) is 68.0 Å². The van der Waals surface area contributed by atoms with Gasteiger partial charge in [-0.1, -0.05) is 33.2 Å². The molecule has 1 saturated carbocycles. The molecule has 0 saturated heterocycles. The molecule has 98 valence electrons. The first kappa shape index (κ1) is 12.3. The van der Waals surface area contributed by atoms with Crippen LogP contribution in [-0.2, 0) is 4.79 Å². The molecule has 0 bridgehead atoms. The highest BCUT2D eigenvalue weighted by Gasteiger charge is 2.44. The maximum atomic E-state index is 12.0. The SMILES string of the molecule is Cc1noc(NC(=O)[C@H]2C[C@H]2c2ccc(Br)cc2)n1. The summed E-state index contributed by atoms with van der Waals surface area (Å²) in [5.41, 5.74) is 1.19. The Hall–Kier alpha value is -1.69. The first-order valence-corrected chi connectivity index (χ1v) is 6.79. The van der Waals surface area contributed by atoms with E-state index >= 15 is 0 Å². The number of nitrogens with zero attached hydrogens (tertiary/aromatic N) is 2. The molecule has 1 aromatic carbocycles. The van der Waals surface area contributed by atoms with Crippen molar-refractivity contribution >= 4 is 27.9 Å². The number of nitrogens with one attached hydrogen (secondary N) is 1. The van der Waals surface area contributed by atoms with Gasteiger partial charge in [0.15, 0.2) is 5.82 Å². The summed E-state index contributed by atoms with van der Waals surface area (Å²) in [5.74, 6) is 0.734. The summed E-state index contributed by atoms with van der Waals surface area (Å²) in [5, 5.41) is 6.28. The second kappa shape index (κ2) is 4.77. The fourth-order valence-electron chi connectivity index (χ4n) is 2.11. The van der Waals surface area contributed by atoms with E-state index in [4.69, 9.17) is 4.52 Å². The van der Waals surface area contributed by atoms with E-state index in [0.29, 0.717) is 5.82 Å². The van der Waals surface area contributed by atoms with Crippen molar-refractivity contribution in [3.63, 3.8) is 0 Å². The van der Waals surface area contributed by atoms with Crippen LogP contribution in [0.4, 0.5) is 6.01 Å². The van der Waals surface area contributed by atoms with E-state index in [-0.39, 0.29) is 23.8 Å². The van der Waals surface area contributed by atoms with Crippen LogP contribution in [0.25, 0.3) is 0 Å². The molecular weight excluding hydrogens is 310 g/mol. The van der Waals surface area contributed by atoms with E-state index in [1.165, 1.54) is 5.56 Å². The molecule has 1 aliphatic carbocycles. The van der Waals surface area contributed by atoms with Crippen molar-refractivity contribution in [3.8, 4) is 0 Å². The van der Waals surface area contributed by atoms with Crippen molar-refractivity contribution in [2.24, 2.45) is 5.92 Å². The van der Waals surface area contributed by atoms with Crippen LogP contribution in [0.5, 0.6) is 0 Å². The first-order chi connectivity index (χ1) is 9.13. The van der Waals surface area contributed by atoms with Crippen LogP contribution in [0, 0.1) is 12.8 Å². The molecule has 2 atom stereocenters. The molecule has 19 heavy (non-hydrogen) atoms. The summed E-state index contributed by atoms with van der Waals surface area (Å²) in [4.78, 5) is 15.9. The Bertz CT molecular complexity index is 609. The molecule has 1 aliphatic rings. The molecule has 1 heterocycles. The van der Waals surface area contributed by atoms with E-state index in [2.05, 4.69) is 31.4 Å². The summed E-state index contributed by atoms with van der Waals surface area (Å²) in [6, 6.07) is 8.23. The van der Waals surface area contributed by atoms with Gasteiger partial charge >= 0.3 is 6.01 Å². The highest BCUT2D eigenvalue weighted by Crippen LogP contribution is 2.48. The van der Waals surface area contributed by atoms with E-state index in [0.717, 1.165) is 10.9 Å². The zero-order valence-corrected chi connectivity index (χ0v) is 11.8. The molecule has 6 heteroatoms. The largest absolute Gasteiger partial charge is 0.328 e. The molecule has 1 amide bonds. The van der Waals surface area contributed by atoms with Gasteiger partial charge in [-0.05, 0) is 37.0 Å². The number of hydrogen-bond acceptors (Lipinski definition) is 4. The Labute approximate surface area is 118 Å². The quantitative estimate of drug-likeness (QED) is 0.943. The van der Waals surface area contributed by atoms with E-state index in [9.17, 15) is 4.79 Å². The Morgan fingerprint density at radius 3 is 2.79 bits per heavy atom. The number of carbonyl (C=O) groups is 1. The number of halogens is 1. The molecule has 0 aliphatic heterocycles. The van der Waals surface area contributed by atoms with E-state index in [1.807, 2.05) is 24.3 Å². The molecule has 0 spiro atoms. The number of amides is 1. The summed E-state index contributed by atoms with van der Waals surface area (Å²) in [6.45, 7) is 1.71. The maximum absolute atomic E-state index is 12.0. The van der Waals surface area contributed by atoms with Crippen molar-refractivity contribution in [1.29, 1.82) is 0 Å². The molecule has 5 nitrogen and oxygen atoms in total. The summed E-state index contributed by atoms with van der Waals surface area (Å²) in [7, 11) is 0. The Morgan fingerprint density at radius 1 is 1.42 bits per heavy atom. The third-order valence-electron chi connectivity index (χ3n) is 3.18. The molecule has 1 aromatic heterocycles. The second-order valence-corrected chi connectivity index (χ2v) is 5.55. The van der Waals surface area contributed by atoms with Crippen LogP contribution < -0.4 is 5.32 Å². The molecule has 0 radical (unpaired) electrons. The van der Waals surface area contributed by atoms with Gasteiger partial charge in [-0.15, -0.1) is 0 Å². The molecular formula is C13H12BrN3O2. The van der Waals surface area contributed by atoms with Gasteiger partial charge in [-0.2, -0.15) is 4.98 Å². The van der Waals surface area contributed by atoms with Crippen LogP contribution in [0.1, 0.15) is 23.7 Å². The highest BCUT2D eigenvalue weighted by atomic mass is 79.9. The van der Waals surface area contributed by atoms with Crippen molar-refractivity contribution in [1.82, 2.24) is 10.1 Å². The van der Waals surface area contributed by atoms with Gasteiger partial charge in [0.05, 0.1) is 0 Å². The minimum absolute atomic E-state index is 0.00613. The van der Waals surface area contributed by atoms with Gasteiger partial charge in [0.25, 0.3) is 0 Å². The van der Waals surface area contributed by atoms with Gasteiger partial charge in [-0.25, -0.2) is 0 Å². The Balaban J connectivity index is 1.63. The fourth-order valence-corrected chi connectivity index (χ4v) is 2.37. The van der Waals surface area contributed by atoms with Crippen molar-refractivity contribution in [3.05, 3.63) is 40.1 Å². The minimum atomic E-state index is -0.0587. The van der Waals surface area contributed by atoms with E-state index < -0.39 is 0 Å². The predicted octanol–water partition coefficient (Wildman–Crippen LogP) is 2.88. The fraction of sp³-hybridized carbons (Fsp3) is 0.308. The number of carbonyl (C=O) groups excluding carboxylic acids is 1. The Morgan fingerprint density at radius 2 is 2.16 bits per heavy atom. The standard InChI is InChI=1S/C13H12BrN3O2/c1-7-15-13(19-17-7)16-12(18)11-6-10(11)8-2-4-9(14)5-3-8/h2-5,10-11H,6H2,1H3,(H,15,16,17,18)/t10-,11-/m0/s1. The maximum Gasteiger partial charge on any atom is 0.328 e. The van der Waals surface area contributed by atoms with Gasteiger partial charge in [0.1, 0.15) is 0 Å². The van der Waals surface area contributed by atoms with Crippen LogP contribution in [0.15, 0.2) is 33.3 Å². The first-order valence-electron chi connectivity index (χ1n) is 6.00. The van der Waals surface area contributed by atoms with Gasteiger partial charge in [0.2, 0.25) is 5.91 Å². The van der Waals surface area contributed by atoms with Crippen molar-refractivity contribution in [2.75, 3.05) is 5.32 Å². The number of rotatable bonds is 3. The minimum Gasteiger partial charge on any atom is -0.315 e. The van der Waals surface area contributed by atoms with Crippen molar-refractivity contribution in [2.45, 2.75) is 19.3 Å². The lowest BCUT2D eigenvalue weighted by atomic mass is 10.1. The van der Waals surface area contributed by atoms with Gasteiger partial charge < -0.3 is 4.52 Å². The highest BCUT2D eigenvalue weighted by molar-refractivity contribution is 9.10. The zero-order chi connectivity index (χ0) is 13.4. The normalized spacial score (nSPS) is 21.2. The van der Waals surface area contributed by atoms with E-state index in [1.54, 1.807) is 6.92 Å². The Kier molecular flexibility index (Phi) is 3.10. The molecule has 1 fully saturated rings. The summed E-state index contributed by atoms with van der Waals surface area (Å²) >= 11 is 3.40. The van der Waals surface area contributed by atoms with Crippen LogP contribution in [-0.4, -0.2) is 16.0 Å². The number of anilines is 1. The third-order valence-corrected chi connectivity index (χ3v) is 3.71. The molecule has 2 aromatic rings. The lowest BCUT2D eigenvalue weighted by Crippen LogP contribution is -2.14. The molecule has 3 rings (SSSR count). The monoisotopic (exact) mass is 321 g/mol. The summed E-state index contributed by atoms with van der Waals surface area (Å²) < 4.78 is 5.91. The summed E-state index contributed by atoms with van der Waals surface area (Å²) in [6.07, 6.45) is 0.862. The second-order valence-electron chi connectivity index (χ2n) is 4.64. The lowest BCUT2D eigenvalue weighted by Gasteiger charge is -2.01. The average molecular weight is 322 g/mol. The van der Waals surface area contributed by atoms with Gasteiger partial charge in [-0.3, -0.25) is 10.1 Å². The van der Waals surface area contributed by atoms with Crippen LogP contribution in [0.2, 0.25) is 0 Å². The van der Waals surface area contributed by atoms with Crippen LogP contribution >= 0.6 is 15.9 Å². The lowest BCUT2D eigenvalue weighted by molar-refractivity contribution is -0.117. The van der Waals surface area contributed by atoms with Crippen LogP contribution in [0.3, 0.4) is 0 Å². The molecule has 1 N–H and O–H groups in total. The number of hydrogen-bond donors (Lipinski definition) is 1. The predicted molar refractivity (Wildman–Crippen MR) is 72.7 cm³/mol.